The summed E-state index contributed by atoms with van der Waals surface area (Å²) in [5, 5.41) is 3.04. The van der Waals surface area contributed by atoms with Crippen LogP contribution in [0.4, 0.5) is 0 Å². The first-order valence-electron chi connectivity index (χ1n) is 4.24. The van der Waals surface area contributed by atoms with Gasteiger partial charge in [-0.15, -0.1) is 0 Å². The fourth-order valence-electron chi connectivity index (χ4n) is 1.10. The fourth-order valence-corrected chi connectivity index (χ4v) is 1.48. The summed E-state index contributed by atoms with van der Waals surface area (Å²) < 4.78 is 2.65. The van der Waals surface area contributed by atoms with E-state index >= 15 is 0 Å². The molecule has 0 spiro atoms. The lowest BCUT2D eigenvalue weighted by Gasteiger charge is -2.04. The van der Waals surface area contributed by atoms with Crippen LogP contribution in [0.2, 0.25) is 0 Å². The van der Waals surface area contributed by atoms with Crippen LogP contribution in [0.25, 0.3) is 0 Å². The zero-order valence-corrected chi connectivity index (χ0v) is 9.17. The normalized spacial score (nSPS) is 10.3. The third-order valence-electron chi connectivity index (χ3n) is 1.77. The maximum Gasteiger partial charge on any atom is 0.250 e. The van der Waals surface area contributed by atoms with Crippen LogP contribution in [0.15, 0.2) is 27.6 Å². The molecule has 0 aliphatic carbocycles. The van der Waals surface area contributed by atoms with E-state index in [4.69, 9.17) is 0 Å². The molecule has 0 amide bonds. The van der Waals surface area contributed by atoms with Crippen molar-refractivity contribution < 1.29 is 0 Å². The third-order valence-corrected chi connectivity index (χ3v) is 2.24. The van der Waals surface area contributed by atoms with E-state index in [-0.39, 0.29) is 5.56 Å². The van der Waals surface area contributed by atoms with Gasteiger partial charge in [-0.2, -0.15) is 0 Å². The van der Waals surface area contributed by atoms with Crippen LogP contribution in [0, 0.1) is 0 Å². The Labute approximate surface area is 85.9 Å². The predicted octanol–water partition coefficient (Wildman–Crippen LogP) is 1.22. The summed E-state index contributed by atoms with van der Waals surface area (Å²) in [5.74, 6) is 0. The van der Waals surface area contributed by atoms with E-state index in [1.54, 1.807) is 16.7 Å². The monoisotopic (exact) mass is 244 g/mol. The van der Waals surface area contributed by atoms with Gasteiger partial charge in [-0.3, -0.25) is 4.79 Å². The van der Waals surface area contributed by atoms with E-state index in [1.807, 2.05) is 13.2 Å². The van der Waals surface area contributed by atoms with Crippen molar-refractivity contribution in [3.05, 3.63) is 33.2 Å². The first-order chi connectivity index (χ1) is 6.24. The van der Waals surface area contributed by atoms with Gasteiger partial charge in [-0.05, 0) is 42.0 Å². The minimum absolute atomic E-state index is 0.0549. The molecule has 0 saturated heterocycles. The average Bonchev–Trinajstić information content (AvgIpc) is 2.11. The third kappa shape index (κ3) is 3.32. The second-order valence-electron chi connectivity index (χ2n) is 2.84. The summed E-state index contributed by atoms with van der Waals surface area (Å²) in [5.41, 5.74) is 0.0549. The highest BCUT2D eigenvalue weighted by atomic mass is 79.9. The topological polar surface area (TPSA) is 34.0 Å². The van der Waals surface area contributed by atoms with Crippen molar-refractivity contribution in [2.75, 3.05) is 13.6 Å². The van der Waals surface area contributed by atoms with Gasteiger partial charge in [0, 0.05) is 23.3 Å². The molecule has 0 fully saturated rings. The summed E-state index contributed by atoms with van der Waals surface area (Å²) in [6, 6.07) is 3.33. The lowest BCUT2D eigenvalue weighted by Crippen LogP contribution is -2.20. The molecule has 0 radical (unpaired) electrons. The van der Waals surface area contributed by atoms with Gasteiger partial charge in [0.2, 0.25) is 0 Å². The molecule has 3 nitrogen and oxygen atoms in total. The molecule has 0 aliphatic rings. The summed E-state index contributed by atoms with van der Waals surface area (Å²) in [7, 11) is 1.91. The Morgan fingerprint density at radius 2 is 2.31 bits per heavy atom. The number of rotatable bonds is 4. The number of aromatic nitrogens is 1. The molecule has 1 heterocycles. The summed E-state index contributed by atoms with van der Waals surface area (Å²) in [4.78, 5) is 11.3. The maximum atomic E-state index is 11.3. The molecule has 1 N–H and O–H groups in total. The quantitative estimate of drug-likeness (QED) is 0.809. The summed E-state index contributed by atoms with van der Waals surface area (Å²) >= 11 is 3.33. The lowest BCUT2D eigenvalue weighted by molar-refractivity contribution is 0.596. The number of pyridine rings is 1. The van der Waals surface area contributed by atoms with Gasteiger partial charge in [0.05, 0.1) is 0 Å². The van der Waals surface area contributed by atoms with Crippen LogP contribution in [0.5, 0.6) is 0 Å². The van der Waals surface area contributed by atoms with Gasteiger partial charge in [-0.1, -0.05) is 0 Å². The van der Waals surface area contributed by atoms with E-state index < -0.39 is 0 Å². The van der Waals surface area contributed by atoms with Crippen molar-refractivity contribution in [1.29, 1.82) is 0 Å². The smallest absolute Gasteiger partial charge is 0.250 e. The molecule has 4 heteroatoms. The molecule has 1 rings (SSSR count). The summed E-state index contributed by atoms with van der Waals surface area (Å²) in [6.45, 7) is 1.69. The summed E-state index contributed by atoms with van der Waals surface area (Å²) in [6.07, 6.45) is 2.78. The Hall–Kier alpha value is -0.610. The van der Waals surface area contributed by atoms with E-state index in [0.717, 1.165) is 24.0 Å². The standard InChI is InChI=1S/C9H13BrN2O/c1-11-5-2-6-12-7-8(10)3-4-9(12)13/h3-4,7,11H,2,5-6H2,1H3. The zero-order chi connectivity index (χ0) is 9.68. The zero-order valence-electron chi connectivity index (χ0n) is 7.59. The van der Waals surface area contributed by atoms with Crippen molar-refractivity contribution in [3.63, 3.8) is 0 Å². The van der Waals surface area contributed by atoms with Gasteiger partial charge in [0.15, 0.2) is 0 Å². The Morgan fingerprint density at radius 3 is 3.00 bits per heavy atom. The molecule has 13 heavy (non-hydrogen) atoms. The highest BCUT2D eigenvalue weighted by molar-refractivity contribution is 9.10. The van der Waals surface area contributed by atoms with Crippen LogP contribution in [-0.2, 0) is 6.54 Å². The van der Waals surface area contributed by atoms with Gasteiger partial charge < -0.3 is 9.88 Å². The number of hydrogen-bond donors (Lipinski definition) is 1. The van der Waals surface area contributed by atoms with Crippen molar-refractivity contribution >= 4 is 15.9 Å². The molecule has 1 aromatic heterocycles. The molecule has 72 valence electrons. The lowest BCUT2D eigenvalue weighted by atomic mass is 10.4. The Bertz CT molecular complexity index is 322. The fraction of sp³-hybridized carbons (Fsp3) is 0.444. The maximum absolute atomic E-state index is 11.3. The van der Waals surface area contributed by atoms with Crippen LogP contribution in [0.3, 0.4) is 0 Å². The number of aryl methyl sites for hydroxylation is 1. The highest BCUT2D eigenvalue weighted by Crippen LogP contribution is 2.04. The molecule has 1 aromatic rings. The van der Waals surface area contributed by atoms with Crippen molar-refractivity contribution in [1.82, 2.24) is 9.88 Å². The molecule has 0 bridgehead atoms. The number of nitrogens with one attached hydrogen (secondary N) is 1. The molecule has 0 saturated carbocycles. The van der Waals surface area contributed by atoms with E-state index in [2.05, 4.69) is 21.2 Å². The number of hydrogen-bond acceptors (Lipinski definition) is 2. The van der Waals surface area contributed by atoms with Gasteiger partial charge in [0.25, 0.3) is 5.56 Å². The second kappa shape index (κ2) is 5.19. The predicted molar refractivity (Wildman–Crippen MR) is 56.9 cm³/mol. The van der Waals surface area contributed by atoms with E-state index in [0.29, 0.717) is 0 Å². The molecule has 0 atom stereocenters. The minimum Gasteiger partial charge on any atom is -0.320 e. The van der Waals surface area contributed by atoms with E-state index in [9.17, 15) is 4.79 Å². The van der Waals surface area contributed by atoms with Crippen molar-refractivity contribution in [2.45, 2.75) is 13.0 Å². The molecular weight excluding hydrogens is 232 g/mol. The van der Waals surface area contributed by atoms with Crippen LogP contribution in [0.1, 0.15) is 6.42 Å². The average molecular weight is 245 g/mol. The Balaban J connectivity index is 2.65. The van der Waals surface area contributed by atoms with Gasteiger partial charge in [0.1, 0.15) is 0 Å². The van der Waals surface area contributed by atoms with Gasteiger partial charge >= 0.3 is 0 Å². The van der Waals surface area contributed by atoms with E-state index in [1.165, 1.54) is 0 Å². The molecule has 0 aliphatic heterocycles. The Morgan fingerprint density at radius 1 is 1.54 bits per heavy atom. The van der Waals surface area contributed by atoms with Crippen LogP contribution < -0.4 is 10.9 Å². The van der Waals surface area contributed by atoms with Crippen LogP contribution >= 0.6 is 15.9 Å². The SMILES string of the molecule is CNCCCn1cc(Br)ccc1=O. The van der Waals surface area contributed by atoms with Crippen molar-refractivity contribution in [3.8, 4) is 0 Å². The Kier molecular flexibility index (Phi) is 4.18. The number of halogens is 1. The van der Waals surface area contributed by atoms with Gasteiger partial charge in [-0.25, -0.2) is 0 Å². The van der Waals surface area contributed by atoms with Crippen molar-refractivity contribution in [2.24, 2.45) is 0 Å². The largest absolute Gasteiger partial charge is 0.320 e. The first-order valence-corrected chi connectivity index (χ1v) is 5.04. The second-order valence-corrected chi connectivity index (χ2v) is 3.75. The molecule has 0 unspecified atom stereocenters. The minimum atomic E-state index is 0.0549. The van der Waals surface area contributed by atoms with Crippen LogP contribution in [-0.4, -0.2) is 18.2 Å². The first kappa shape index (κ1) is 10.5. The highest BCUT2D eigenvalue weighted by Gasteiger charge is 1.95. The molecule has 0 aromatic carbocycles. The molecular formula is C9H13BrN2O. The number of nitrogens with zero attached hydrogens (tertiary/aromatic N) is 1.